The van der Waals surface area contributed by atoms with Crippen molar-refractivity contribution in [2.75, 3.05) is 0 Å². The van der Waals surface area contributed by atoms with Gasteiger partial charge in [-0.1, -0.05) is 0 Å². The summed E-state index contributed by atoms with van der Waals surface area (Å²) in [5.41, 5.74) is 7.62. The minimum absolute atomic E-state index is 0.289. The molecule has 0 bridgehead atoms. The van der Waals surface area contributed by atoms with Gasteiger partial charge in [0, 0.05) is 23.3 Å². The van der Waals surface area contributed by atoms with Crippen molar-refractivity contribution in [3.63, 3.8) is 0 Å². The van der Waals surface area contributed by atoms with Crippen molar-refractivity contribution < 1.29 is 0 Å². The number of aromatic amines is 1. The van der Waals surface area contributed by atoms with Gasteiger partial charge in [-0.2, -0.15) is 5.26 Å². The average Bonchev–Trinajstić information content (AvgIpc) is 2.65. The first kappa shape index (κ1) is 8.73. The minimum Gasteiger partial charge on any atom is -0.361 e. The van der Waals surface area contributed by atoms with Gasteiger partial charge in [0.1, 0.15) is 0 Å². The molecule has 0 aliphatic carbocycles. The summed E-state index contributed by atoms with van der Waals surface area (Å²) in [5, 5.41) is 9.55. The van der Waals surface area contributed by atoms with E-state index in [9.17, 15) is 0 Å². The smallest absolute Gasteiger partial charge is 0.0675 e. The maximum atomic E-state index is 8.56. The Morgan fingerprint density at radius 1 is 1.57 bits per heavy atom. The molecular formula is C10H10N4. The summed E-state index contributed by atoms with van der Waals surface area (Å²) in [5.74, 6) is 0. The number of nitriles is 1. The lowest BCUT2D eigenvalue weighted by Gasteiger charge is -2.07. The molecule has 0 saturated heterocycles. The van der Waals surface area contributed by atoms with Gasteiger partial charge < -0.3 is 10.7 Å². The van der Waals surface area contributed by atoms with Crippen molar-refractivity contribution in [1.82, 2.24) is 9.97 Å². The Hall–Kier alpha value is -1.86. The molecule has 0 radical (unpaired) electrons. The molecule has 1 atom stereocenters. The van der Waals surface area contributed by atoms with E-state index in [2.05, 4.69) is 9.97 Å². The molecule has 2 aromatic heterocycles. The maximum Gasteiger partial charge on any atom is 0.0675 e. The van der Waals surface area contributed by atoms with Crippen LogP contribution in [0.2, 0.25) is 0 Å². The first-order valence-corrected chi connectivity index (χ1v) is 4.37. The molecule has 2 heterocycles. The van der Waals surface area contributed by atoms with Gasteiger partial charge in [0.15, 0.2) is 0 Å². The lowest BCUT2D eigenvalue weighted by Crippen LogP contribution is -2.11. The third-order valence-electron chi connectivity index (χ3n) is 2.17. The Morgan fingerprint density at radius 3 is 3.21 bits per heavy atom. The molecule has 4 nitrogen and oxygen atoms in total. The largest absolute Gasteiger partial charge is 0.361 e. The van der Waals surface area contributed by atoms with E-state index in [1.165, 1.54) is 0 Å². The van der Waals surface area contributed by atoms with Crippen LogP contribution in [0.5, 0.6) is 0 Å². The second kappa shape index (κ2) is 3.48. The molecule has 14 heavy (non-hydrogen) atoms. The third-order valence-corrected chi connectivity index (χ3v) is 2.17. The number of nitrogens with two attached hydrogens (primary N) is 1. The predicted molar refractivity (Wildman–Crippen MR) is 53.3 cm³/mol. The highest BCUT2D eigenvalue weighted by atomic mass is 14.8. The van der Waals surface area contributed by atoms with Crippen LogP contribution in [-0.2, 0) is 0 Å². The highest BCUT2D eigenvalue weighted by Gasteiger charge is 2.10. The number of aromatic nitrogens is 2. The predicted octanol–water partition coefficient (Wildman–Crippen LogP) is 1.48. The molecule has 0 aliphatic rings. The summed E-state index contributed by atoms with van der Waals surface area (Å²) < 4.78 is 0. The van der Waals surface area contributed by atoms with E-state index >= 15 is 0 Å². The van der Waals surface area contributed by atoms with Crippen LogP contribution in [0, 0.1) is 11.3 Å². The fourth-order valence-corrected chi connectivity index (χ4v) is 1.50. The topological polar surface area (TPSA) is 78.5 Å². The molecule has 3 N–H and O–H groups in total. The van der Waals surface area contributed by atoms with E-state index < -0.39 is 0 Å². The van der Waals surface area contributed by atoms with Crippen LogP contribution < -0.4 is 5.73 Å². The van der Waals surface area contributed by atoms with Gasteiger partial charge in [0.25, 0.3) is 0 Å². The second-order valence-electron chi connectivity index (χ2n) is 3.10. The first-order chi connectivity index (χ1) is 6.83. The zero-order valence-electron chi connectivity index (χ0n) is 7.57. The monoisotopic (exact) mass is 186 g/mol. The number of nitrogens with one attached hydrogen (secondary N) is 1. The van der Waals surface area contributed by atoms with E-state index in [4.69, 9.17) is 11.0 Å². The molecule has 2 aromatic rings. The van der Waals surface area contributed by atoms with Crippen LogP contribution in [-0.4, -0.2) is 9.97 Å². The minimum atomic E-state index is -0.306. The van der Waals surface area contributed by atoms with Crippen LogP contribution in [0.15, 0.2) is 24.5 Å². The van der Waals surface area contributed by atoms with Crippen LogP contribution >= 0.6 is 0 Å². The molecule has 70 valence electrons. The Morgan fingerprint density at radius 2 is 2.43 bits per heavy atom. The fraction of sp³-hybridized carbons (Fsp3) is 0.200. The summed E-state index contributed by atoms with van der Waals surface area (Å²) in [4.78, 5) is 7.28. The number of H-pyrrole nitrogens is 1. The number of fused-ring (bicyclic) bond motifs is 1. The van der Waals surface area contributed by atoms with Gasteiger partial charge in [-0.15, -0.1) is 0 Å². The van der Waals surface area contributed by atoms with Crippen LogP contribution in [0.4, 0.5) is 0 Å². The molecular weight excluding hydrogens is 176 g/mol. The Bertz CT molecular complexity index is 480. The average molecular weight is 186 g/mol. The van der Waals surface area contributed by atoms with E-state index in [-0.39, 0.29) is 12.5 Å². The quantitative estimate of drug-likeness (QED) is 0.745. The van der Waals surface area contributed by atoms with Crippen molar-refractivity contribution in [2.45, 2.75) is 12.5 Å². The molecule has 0 aliphatic heterocycles. The molecule has 4 heteroatoms. The summed E-state index contributed by atoms with van der Waals surface area (Å²) in [6.07, 6.45) is 3.83. The van der Waals surface area contributed by atoms with Gasteiger partial charge in [-0.3, -0.25) is 4.98 Å². The summed E-state index contributed by atoms with van der Waals surface area (Å²) in [7, 11) is 0. The number of hydrogen-bond donors (Lipinski definition) is 2. The molecule has 0 fully saturated rings. The van der Waals surface area contributed by atoms with Crippen LogP contribution in [0.25, 0.3) is 10.9 Å². The number of nitrogens with zero attached hydrogens (tertiary/aromatic N) is 2. The lowest BCUT2D eigenvalue weighted by molar-refractivity contribution is 0.728. The molecule has 0 aromatic carbocycles. The molecule has 1 unspecified atom stereocenters. The van der Waals surface area contributed by atoms with Crippen molar-refractivity contribution >= 4 is 10.9 Å². The number of hydrogen-bond acceptors (Lipinski definition) is 3. The molecule has 0 spiro atoms. The molecule has 0 saturated carbocycles. The van der Waals surface area contributed by atoms with Gasteiger partial charge in [-0.25, -0.2) is 0 Å². The van der Waals surface area contributed by atoms with Crippen LogP contribution in [0.1, 0.15) is 18.2 Å². The maximum absolute atomic E-state index is 8.56. The SMILES string of the molecule is N#CCC(N)c1nccc2[nH]ccc12. The number of rotatable bonds is 2. The summed E-state index contributed by atoms with van der Waals surface area (Å²) in [6, 6.07) is 5.55. The van der Waals surface area contributed by atoms with Crippen LogP contribution in [0.3, 0.4) is 0 Å². The number of pyridine rings is 1. The summed E-state index contributed by atoms with van der Waals surface area (Å²) >= 11 is 0. The van der Waals surface area contributed by atoms with E-state index in [0.717, 1.165) is 16.6 Å². The van der Waals surface area contributed by atoms with Gasteiger partial charge >= 0.3 is 0 Å². The Kier molecular flexibility index (Phi) is 2.17. The zero-order valence-corrected chi connectivity index (χ0v) is 7.57. The van der Waals surface area contributed by atoms with Gasteiger partial charge in [0.05, 0.1) is 24.2 Å². The van der Waals surface area contributed by atoms with E-state index in [0.29, 0.717) is 0 Å². The summed E-state index contributed by atoms with van der Waals surface area (Å²) in [6.45, 7) is 0. The highest BCUT2D eigenvalue weighted by molar-refractivity contribution is 5.81. The lowest BCUT2D eigenvalue weighted by atomic mass is 10.1. The van der Waals surface area contributed by atoms with Crippen molar-refractivity contribution in [3.8, 4) is 6.07 Å². The van der Waals surface area contributed by atoms with Crippen molar-refractivity contribution in [3.05, 3.63) is 30.2 Å². The standard InChI is InChI=1S/C10H10N4/c11-4-1-8(12)10-7-2-5-13-9(7)3-6-14-10/h2-3,5-6,8,13H,1,12H2. The second-order valence-corrected chi connectivity index (χ2v) is 3.10. The van der Waals surface area contributed by atoms with E-state index in [1.807, 2.05) is 24.4 Å². The van der Waals surface area contributed by atoms with Crippen molar-refractivity contribution in [1.29, 1.82) is 5.26 Å². The molecule has 0 amide bonds. The highest BCUT2D eigenvalue weighted by Crippen LogP contribution is 2.21. The zero-order chi connectivity index (χ0) is 9.97. The first-order valence-electron chi connectivity index (χ1n) is 4.37. The molecule has 2 rings (SSSR count). The van der Waals surface area contributed by atoms with Gasteiger partial charge in [0.2, 0.25) is 0 Å². The van der Waals surface area contributed by atoms with Crippen molar-refractivity contribution in [2.24, 2.45) is 5.73 Å². The van der Waals surface area contributed by atoms with Gasteiger partial charge in [-0.05, 0) is 12.1 Å². The fourth-order valence-electron chi connectivity index (χ4n) is 1.50. The normalized spacial score (nSPS) is 12.6. The Labute approximate surface area is 81.4 Å². The Balaban J connectivity index is 2.51. The van der Waals surface area contributed by atoms with E-state index in [1.54, 1.807) is 6.20 Å². The third kappa shape index (κ3) is 1.34.